The molecule has 2 heterocycles. The number of hydrogen-bond acceptors (Lipinski definition) is 6. The Morgan fingerprint density at radius 3 is 1.29 bits per heavy atom. The molecule has 0 N–H and O–H groups in total. The van der Waals surface area contributed by atoms with Gasteiger partial charge in [-0.3, -0.25) is 0 Å². The highest BCUT2D eigenvalue weighted by atomic mass is 31.2. The van der Waals surface area contributed by atoms with Crippen LogP contribution < -0.4 is 9.05 Å². The predicted octanol–water partition coefficient (Wildman–Crippen LogP) is 16.3. The summed E-state index contributed by atoms with van der Waals surface area (Å²) in [7, 11) is -3.40. The van der Waals surface area contributed by atoms with Crippen molar-refractivity contribution in [3.8, 4) is 11.5 Å². The lowest BCUT2D eigenvalue weighted by Gasteiger charge is -2.41. The molecule has 2 saturated heterocycles. The molecule has 2 aliphatic heterocycles. The Balaban J connectivity index is 0.855. The predicted molar refractivity (Wildman–Crippen MR) is 284 cm³/mol. The highest BCUT2D eigenvalue weighted by molar-refractivity contribution is 7.42. The Kier molecular flexibility index (Phi) is 12.8. The second-order valence-electron chi connectivity index (χ2n) is 21.0. The van der Waals surface area contributed by atoms with Crippen molar-refractivity contribution in [3.63, 3.8) is 0 Å². The van der Waals surface area contributed by atoms with Crippen LogP contribution in [0.1, 0.15) is 99.9 Å². The average Bonchev–Trinajstić information content (AvgIpc) is 3.38. The van der Waals surface area contributed by atoms with Gasteiger partial charge in [-0.2, -0.15) is 0 Å². The van der Waals surface area contributed by atoms with E-state index < -0.39 is 22.6 Å². The Hall–Kier alpha value is -5.42. The van der Waals surface area contributed by atoms with Crippen LogP contribution in [0.4, 0.5) is 0 Å². The lowest BCUT2D eigenvalue weighted by atomic mass is 9.72. The monoisotopic (exact) mass is 952 g/mol. The number of benzene rings is 8. The van der Waals surface area contributed by atoms with E-state index in [4.69, 9.17) is 27.1 Å². The molecule has 1 spiro atoms. The average molecular weight is 953 g/mol. The summed E-state index contributed by atoms with van der Waals surface area (Å²) >= 11 is 0. The quantitative estimate of drug-likeness (QED) is 0.114. The molecule has 0 unspecified atom stereocenters. The summed E-state index contributed by atoms with van der Waals surface area (Å²) in [6.07, 6.45) is 0. The van der Waals surface area contributed by atoms with Gasteiger partial charge in [0.05, 0.1) is 31.8 Å². The van der Waals surface area contributed by atoms with Gasteiger partial charge in [0.25, 0.3) is 0 Å². The lowest BCUT2D eigenvalue weighted by Crippen LogP contribution is -2.45. The Morgan fingerprint density at radius 2 is 0.754 bits per heavy atom. The summed E-state index contributed by atoms with van der Waals surface area (Å²) in [4.78, 5) is 0. The van der Waals surface area contributed by atoms with Gasteiger partial charge in [-0.05, 0) is 67.1 Å². The first-order valence-corrected chi connectivity index (χ1v) is 26.2. The lowest BCUT2D eigenvalue weighted by molar-refractivity contribution is -0.0673. The summed E-state index contributed by atoms with van der Waals surface area (Å²) in [5, 5.41) is 4.96. The van der Waals surface area contributed by atoms with Crippen molar-refractivity contribution < 1.29 is 27.1 Å². The van der Waals surface area contributed by atoms with Crippen molar-refractivity contribution >= 4 is 38.7 Å². The smallest absolute Gasteiger partial charge is 0.397 e. The minimum atomic E-state index is -1.70. The van der Waals surface area contributed by atoms with Gasteiger partial charge in [-0.1, -0.05) is 225 Å². The molecule has 0 aromatic heterocycles. The van der Waals surface area contributed by atoms with E-state index in [0.29, 0.717) is 26.4 Å². The zero-order valence-corrected chi connectivity index (χ0v) is 42.8. The fourth-order valence-electron chi connectivity index (χ4n) is 10.0. The molecule has 8 heteroatoms. The van der Waals surface area contributed by atoms with Gasteiger partial charge >= 0.3 is 17.2 Å². The fraction of sp³-hybridized carbons (Fsp3) is 0.279. The van der Waals surface area contributed by atoms with Crippen LogP contribution in [-0.4, -0.2) is 26.4 Å². The minimum Gasteiger partial charge on any atom is -0.426 e. The first-order chi connectivity index (χ1) is 33.1. The summed E-state index contributed by atoms with van der Waals surface area (Å²) in [6.45, 7) is 19.7. The van der Waals surface area contributed by atoms with Crippen molar-refractivity contribution in [2.45, 2.75) is 77.0 Å². The van der Waals surface area contributed by atoms with E-state index >= 15 is 0 Å². The van der Waals surface area contributed by atoms with Crippen LogP contribution in [0.3, 0.4) is 0 Å². The maximum absolute atomic E-state index is 6.75. The van der Waals surface area contributed by atoms with Crippen LogP contribution in [0.5, 0.6) is 11.5 Å². The molecule has 69 heavy (non-hydrogen) atoms. The zero-order chi connectivity index (χ0) is 48.0. The van der Waals surface area contributed by atoms with Crippen molar-refractivity contribution in [2.24, 2.45) is 5.41 Å². The van der Waals surface area contributed by atoms with Crippen molar-refractivity contribution in [1.82, 2.24) is 0 Å². The van der Waals surface area contributed by atoms with Gasteiger partial charge in [0.2, 0.25) is 0 Å². The standard InChI is InChI=1S/C61H62O6P2/c1-57(2,48-31-30-43-20-15-16-22-45(43)36-48)49-32-34-55(53(37-49)58(3,4)46-24-11-9-12-25-46)66-68-62-39-61(40-63-68)41-64-69(65-42-61)67-56-35-33-50(38-54(56)59(5,6)47-26-13-10-14-27-47)60(7,8)52-29-19-23-44-21-17-18-28-51(44)52/h9-38H,39-42H2,1-8H3. The van der Waals surface area contributed by atoms with E-state index in [1.54, 1.807) is 0 Å². The third kappa shape index (κ3) is 9.25. The highest BCUT2D eigenvalue weighted by Gasteiger charge is 2.46. The molecule has 10 rings (SSSR count). The molecule has 6 nitrogen and oxygen atoms in total. The maximum atomic E-state index is 6.75. The molecular weight excluding hydrogens is 891 g/mol. The summed E-state index contributed by atoms with van der Waals surface area (Å²) in [6, 6.07) is 65.0. The largest absolute Gasteiger partial charge is 0.426 e. The molecule has 0 amide bonds. The molecular formula is C61H62O6P2. The van der Waals surface area contributed by atoms with Gasteiger partial charge in [-0.25, -0.2) is 0 Å². The summed E-state index contributed by atoms with van der Waals surface area (Å²) in [5.74, 6) is 1.50. The topological polar surface area (TPSA) is 55.4 Å². The van der Waals surface area contributed by atoms with E-state index in [2.05, 4.69) is 237 Å². The summed E-state index contributed by atoms with van der Waals surface area (Å²) in [5.41, 5.74) is 7.63. The summed E-state index contributed by atoms with van der Waals surface area (Å²) < 4.78 is 39.3. The minimum absolute atomic E-state index is 0.276. The second-order valence-corrected chi connectivity index (χ2v) is 23.3. The van der Waals surface area contributed by atoms with Crippen molar-refractivity contribution in [2.75, 3.05) is 26.4 Å². The number of fused-ring (bicyclic) bond motifs is 2. The van der Waals surface area contributed by atoms with Gasteiger partial charge in [0.1, 0.15) is 11.5 Å². The van der Waals surface area contributed by atoms with Gasteiger partial charge in [0.15, 0.2) is 0 Å². The van der Waals surface area contributed by atoms with Crippen molar-refractivity contribution in [1.29, 1.82) is 0 Å². The van der Waals surface area contributed by atoms with Crippen LogP contribution >= 0.6 is 17.2 Å². The van der Waals surface area contributed by atoms with Gasteiger partial charge in [-0.15, -0.1) is 0 Å². The normalized spacial score (nSPS) is 19.2. The van der Waals surface area contributed by atoms with Crippen LogP contribution in [0.25, 0.3) is 21.5 Å². The van der Waals surface area contributed by atoms with Crippen molar-refractivity contribution in [3.05, 3.63) is 226 Å². The number of rotatable bonds is 12. The SMILES string of the molecule is CC(C)(c1ccc(OP2OCC3(CO2)COP(Oc2ccc(C(C)(C)c4cccc5ccccc45)cc2C(C)(C)c2ccccc2)OC3)c(C(C)(C)c2ccccc2)c1)c1ccc2ccccc2c1. The van der Waals surface area contributed by atoms with Crippen LogP contribution in [0.2, 0.25) is 0 Å². The molecule has 0 aliphatic carbocycles. The number of hydrogen-bond donors (Lipinski definition) is 0. The molecule has 0 bridgehead atoms. The fourth-order valence-corrected chi connectivity index (χ4v) is 12.5. The third-order valence-electron chi connectivity index (χ3n) is 14.9. The van der Waals surface area contributed by atoms with Gasteiger partial charge < -0.3 is 27.1 Å². The molecule has 2 aliphatic rings. The highest BCUT2D eigenvalue weighted by Crippen LogP contribution is 2.56. The zero-order valence-electron chi connectivity index (χ0n) is 41.0. The van der Waals surface area contributed by atoms with E-state index in [1.807, 2.05) is 0 Å². The first-order valence-electron chi connectivity index (χ1n) is 24.0. The van der Waals surface area contributed by atoms with E-state index in [9.17, 15) is 0 Å². The molecule has 0 atom stereocenters. The molecule has 0 saturated carbocycles. The van der Waals surface area contributed by atoms with E-state index in [1.165, 1.54) is 54.9 Å². The molecule has 8 aromatic rings. The first kappa shape index (κ1) is 47.3. The molecule has 8 aromatic carbocycles. The Morgan fingerprint density at radius 1 is 0.348 bits per heavy atom. The Bertz CT molecular complexity index is 3090. The maximum Gasteiger partial charge on any atom is 0.397 e. The second kappa shape index (κ2) is 18.7. The van der Waals surface area contributed by atoms with Crippen LogP contribution in [0.15, 0.2) is 182 Å². The molecule has 352 valence electrons. The molecule has 0 radical (unpaired) electrons. The van der Waals surface area contributed by atoms with E-state index in [-0.39, 0.29) is 21.7 Å². The molecule has 2 fully saturated rings. The van der Waals surface area contributed by atoms with Crippen LogP contribution in [0, 0.1) is 5.41 Å². The Labute approximate surface area is 410 Å². The van der Waals surface area contributed by atoms with Gasteiger partial charge in [0, 0.05) is 32.8 Å². The van der Waals surface area contributed by atoms with E-state index in [0.717, 1.165) is 22.6 Å². The van der Waals surface area contributed by atoms with Crippen LogP contribution in [-0.2, 0) is 39.8 Å². The third-order valence-corrected chi connectivity index (χ3v) is 17.0.